The number of hydrogen-bond donors (Lipinski definition) is 3. The maximum absolute atomic E-state index is 13.0. The lowest BCUT2D eigenvalue weighted by atomic mass is 10.1. The van der Waals surface area contributed by atoms with Crippen molar-refractivity contribution >= 4 is 63.2 Å². The van der Waals surface area contributed by atoms with Gasteiger partial charge >= 0.3 is 0 Å². The number of morpholine rings is 1. The average molecular weight is 512 g/mol. The Labute approximate surface area is 210 Å². The fourth-order valence-corrected chi connectivity index (χ4v) is 4.30. The quantitative estimate of drug-likeness (QED) is 0.259. The van der Waals surface area contributed by atoms with Crippen molar-refractivity contribution in [2.24, 2.45) is 0 Å². The third-order valence-corrected chi connectivity index (χ3v) is 6.23. The van der Waals surface area contributed by atoms with Crippen LogP contribution >= 0.6 is 23.6 Å². The number of amides is 2. The van der Waals surface area contributed by atoms with Gasteiger partial charge in [0.25, 0.3) is 17.5 Å². The fourth-order valence-electron chi connectivity index (χ4n) is 3.47. The van der Waals surface area contributed by atoms with Crippen LogP contribution in [0.5, 0.6) is 0 Å². The number of anilines is 3. The van der Waals surface area contributed by atoms with Crippen LogP contribution in [0.1, 0.15) is 20.0 Å². The number of nitro groups is 1. The standard InChI is InChI=1S/C23H21N5O5S2/c29-21(18-14-17(28(31)32)7-8-19(18)27-9-11-33-12-10-27)26-23(34)25-16-5-3-15(4-6-16)24-22(30)20-2-1-13-35-20/h1-8,13-14H,9-12H2,(H,24,30)(H2,25,26,29,34). The fraction of sp³-hybridized carbons (Fsp3) is 0.174. The number of benzene rings is 2. The molecule has 3 aromatic rings. The van der Waals surface area contributed by atoms with E-state index in [-0.39, 0.29) is 22.3 Å². The minimum absolute atomic E-state index is 0.0322. The van der Waals surface area contributed by atoms with Crippen molar-refractivity contribution in [3.8, 4) is 0 Å². The Balaban J connectivity index is 1.41. The lowest BCUT2D eigenvalue weighted by molar-refractivity contribution is -0.384. The predicted octanol–water partition coefficient (Wildman–Crippen LogP) is 3.87. The molecule has 35 heavy (non-hydrogen) atoms. The van der Waals surface area contributed by atoms with Crippen LogP contribution in [0.4, 0.5) is 22.7 Å². The summed E-state index contributed by atoms with van der Waals surface area (Å²) in [6, 6.07) is 14.5. The second-order valence-corrected chi connectivity index (χ2v) is 8.83. The van der Waals surface area contributed by atoms with Gasteiger partial charge in [0.2, 0.25) is 0 Å². The summed E-state index contributed by atoms with van der Waals surface area (Å²) in [7, 11) is 0. The number of nitro benzene ring substituents is 1. The molecule has 0 radical (unpaired) electrons. The van der Waals surface area contributed by atoms with Crippen LogP contribution in [0.25, 0.3) is 0 Å². The number of ether oxygens (including phenoxy) is 1. The first-order valence-electron chi connectivity index (χ1n) is 10.6. The number of nitrogens with one attached hydrogen (secondary N) is 3. The normalized spacial score (nSPS) is 13.1. The van der Waals surface area contributed by atoms with Gasteiger partial charge in [-0.25, -0.2) is 0 Å². The highest BCUT2D eigenvalue weighted by atomic mass is 32.1. The first kappa shape index (κ1) is 24.3. The Morgan fingerprint density at radius 1 is 1.00 bits per heavy atom. The second-order valence-electron chi connectivity index (χ2n) is 7.48. The van der Waals surface area contributed by atoms with E-state index in [0.717, 1.165) is 0 Å². The first-order valence-corrected chi connectivity index (χ1v) is 11.9. The molecular weight excluding hydrogens is 490 g/mol. The van der Waals surface area contributed by atoms with E-state index in [1.165, 1.54) is 23.5 Å². The van der Waals surface area contributed by atoms with Crippen molar-refractivity contribution in [1.29, 1.82) is 0 Å². The molecule has 1 fully saturated rings. The van der Waals surface area contributed by atoms with Crippen LogP contribution in [-0.2, 0) is 4.74 Å². The van der Waals surface area contributed by atoms with E-state index in [2.05, 4.69) is 16.0 Å². The molecular formula is C23H21N5O5S2. The van der Waals surface area contributed by atoms with Crippen molar-refractivity contribution in [2.75, 3.05) is 41.8 Å². The van der Waals surface area contributed by atoms with Crippen LogP contribution in [0.15, 0.2) is 60.0 Å². The SMILES string of the molecule is O=C(Nc1ccc(NC(=S)NC(=O)c2cc([N+](=O)[O-])ccc2N2CCOCC2)cc1)c1cccs1. The Hall–Kier alpha value is -3.87. The number of thiophene rings is 1. The van der Waals surface area contributed by atoms with E-state index in [4.69, 9.17) is 17.0 Å². The van der Waals surface area contributed by atoms with E-state index < -0.39 is 10.8 Å². The molecule has 0 aliphatic carbocycles. The lowest BCUT2D eigenvalue weighted by Gasteiger charge is -2.30. The minimum atomic E-state index is -0.562. The van der Waals surface area contributed by atoms with Gasteiger partial charge in [-0.05, 0) is 54.0 Å². The molecule has 10 nitrogen and oxygen atoms in total. The van der Waals surface area contributed by atoms with Crippen molar-refractivity contribution in [3.05, 3.63) is 80.5 Å². The van der Waals surface area contributed by atoms with Gasteiger partial charge < -0.3 is 20.3 Å². The van der Waals surface area contributed by atoms with Gasteiger partial charge in [0, 0.05) is 36.6 Å². The molecule has 1 aliphatic heterocycles. The Morgan fingerprint density at radius 3 is 2.31 bits per heavy atom. The number of thiocarbonyl (C=S) groups is 1. The van der Waals surface area contributed by atoms with E-state index in [9.17, 15) is 19.7 Å². The van der Waals surface area contributed by atoms with Gasteiger partial charge in [-0.15, -0.1) is 11.3 Å². The summed E-state index contributed by atoms with van der Waals surface area (Å²) in [4.78, 5) is 38.4. The maximum atomic E-state index is 13.0. The Bertz CT molecular complexity index is 1240. The first-order chi connectivity index (χ1) is 16.9. The molecule has 2 heterocycles. The topological polar surface area (TPSA) is 126 Å². The Morgan fingerprint density at radius 2 is 1.69 bits per heavy atom. The molecule has 0 saturated carbocycles. The highest BCUT2D eigenvalue weighted by molar-refractivity contribution is 7.80. The van der Waals surface area contributed by atoms with Gasteiger partial charge in [-0.2, -0.15) is 0 Å². The predicted molar refractivity (Wildman–Crippen MR) is 139 cm³/mol. The molecule has 0 spiro atoms. The number of carbonyl (C=O) groups excluding carboxylic acids is 2. The number of non-ortho nitro benzene ring substituents is 1. The largest absolute Gasteiger partial charge is 0.378 e. The number of nitrogens with zero attached hydrogens (tertiary/aromatic N) is 2. The summed E-state index contributed by atoms with van der Waals surface area (Å²) >= 11 is 6.62. The molecule has 1 saturated heterocycles. The van der Waals surface area contributed by atoms with E-state index in [0.29, 0.717) is 48.2 Å². The third kappa shape index (κ3) is 6.18. The summed E-state index contributed by atoms with van der Waals surface area (Å²) in [5.41, 5.74) is 1.74. The molecule has 0 atom stereocenters. The number of hydrogen-bond acceptors (Lipinski definition) is 8. The van der Waals surface area contributed by atoms with Gasteiger partial charge in [-0.3, -0.25) is 25.0 Å². The molecule has 0 unspecified atom stereocenters. The summed E-state index contributed by atoms with van der Waals surface area (Å²) in [6.45, 7) is 2.13. The third-order valence-electron chi connectivity index (χ3n) is 5.16. The highest BCUT2D eigenvalue weighted by Gasteiger charge is 2.22. The van der Waals surface area contributed by atoms with Gasteiger partial charge in [-0.1, -0.05) is 6.07 Å². The van der Waals surface area contributed by atoms with E-state index >= 15 is 0 Å². The zero-order valence-corrected chi connectivity index (χ0v) is 20.0. The molecule has 2 amide bonds. The van der Waals surface area contributed by atoms with E-state index in [1.807, 2.05) is 10.3 Å². The maximum Gasteiger partial charge on any atom is 0.270 e. The van der Waals surface area contributed by atoms with Gasteiger partial charge in [0.1, 0.15) is 0 Å². The summed E-state index contributed by atoms with van der Waals surface area (Å²) in [5, 5.41) is 21.4. The minimum Gasteiger partial charge on any atom is -0.378 e. The average Bonchev–Trinajstić information content (AvgIpc) is 3.40. The smallest absolute Gasteiger partial charge is 0.270 e. The van der Waals surface area contributed by atoms with Crippen molar-refractivity contribution in [3.63, 3.8) is 0 Å². The molecule has 4 rings (SSSR count). The molecule has 180 valence electrons. The molecule has 2 aromatic carbocycles. The van der Waals surface area contributed by atoms with Crippen LogP contribution in [0, 0.1) is 10.1 Å². The molecule has 12 heteroatoms. The summed E-state index contributed by atoms with van der Waals surface area (Å²) < 4.78 is 5.36. The summed E-state index contributed by atoms with van der Waals surface area (Å²) in [6.07, 6.45) is 0. The van der Waals surface area contributed by atoms with Crippen LogP contribution < -0.4 is 20.9 Å². The zero-order chi connectivity index (χ0) is 24.8. The second kappa shape index (κ2) is 11.0. The number of rotatable bonds is 6. The molecule has 3 N–H and O–H groups in total. The van der Waals surface area contributed by atoms with Crippen molar-refractivity contribution < 1.29 is 19.2 Å². The van der Waals surface area contributed by atoms with E-state index in [1.54, 1.807) is 42.5 Å². The molecule has 1 aliphatic rings. The highest BCUT2D eigenvalue weighted by Crippen LogP contribution is 2.26. The molecule has 1 aromatic heterocycles. The van der Waals surface area contributed by atoms with Crippen molar-refractivity contribution in [2.45, 2.75) is 0 Å². The number of carbonyl (C=O) groups is 2. The van der Waals surface area contributed by atoms with Crippen LogP contribution in [-0.4, -0.2) is 48.2 Å². The van der Waals surface area contributed by atoms with Crippen LogP contribution in [0.2, 0.25) is 0 Å². The van der Waals surface area contributed by atoms with Gasteiger partial charge in [0.15, 0.2) is 5.11 Å². The van der Waals surface area contributed by atoms with Gasteiger partial charge in [0.05, 0.1) is 34.3 Å². The zero-order valence-electron chi connectivity index (χ0n) is 18.4. The lowest BCUT2D eigenvalue weighted by Crippen LogP contribution is -2.39. The Kier molecular flexibility index (Phi) is 7.65. The monoisotopic (exact) mass is 511 g/mol. The summed E-state index contributed by atoms with van der Waals surface area (Å²) in [5.74, 6) is -0.760. The molecule has 0 bridgehead atoms. The van der Waals surface area contributed by atoms with Crippen molar-refractivity contribution in [1.82, 2.24) is 5.32 Å². The van der Waals surface area contributed by atoms with Crippen LogP contribution in [0.3, 0.4) is 0 Å².